The minimum atomic E-state index is 0.208. The fourth-order valence-corrected chi connectivity index (χ4v) is 0.793. The molecule has 0 aromatic carbocycles. The number of hydrogen-bond acceptors (Lipinski definition) is 1. The Morgan fingerprint density at radius 2 is 1.82 bits per heavy atom. The van der Waals surface area contributed by atoms with Crippen LogP contribution in [0.4, 0.5) is 0 Å². The monoisotopic (exact) mass is 156 g/mol. The summed E-state index contributed by atoms with van der Waals surface area (Å²) in [6.07, 6.45) is 3.87. The van der Waals surface area contributed by atoms with E-state index in [0.29, 0.717) is 0 Å². The maximum atomic E-state index is 10.7. The van der Waals surface area contributed by atoms with E-state index >= 15 is 0 Å². The molecule has 0 heterocycles. The van der Waals surface area contributed by atoms with Crippen LogP contribution in [0, 0.1) is 0 Å². The predicted octanol–water partition coefficient (Wildman–Crippen LogP) is 3.35. The molecule has 0 aliphatic heterocycles. The van der Waals surface area contributed by atoms with Crippen LogP contribution in [0.15, 0.2) is 11.6 Å². The molecule has 0 saturated heterocycles. The topological polar surface area (TPSA) is 17.1 Å². The van der Waals surface area contributed by atoms with Gasteiger partial charge in [0.2, 0.25) is 0 Å². The van der Waals surface area contributed by atoms with Crippen LogP contribution in [0.5, 0.6) is 0 Å². The average molecular weight is 156 g/mol. The standard InChI is InChI=1S/C8H14O.C2H6/c1-4-6-8(5-2)7(3)9;1-2/h5H,4,6H2,1-3H3;1-2H3/b8-5+;. The van der Waals surface area contributed by atoms with Gasteiger partial charge in [0, 0.05) is 0 Å². The lowest BCUT2D eigenvalue weighted by Crippen LogP contribution is -1.94. The summed E-state index contributed by atoms with van der Waals surface area (Å²) in [4.78, 5) is 10.7. The predicted molar refractivity (Wildman–Crippen MR) is 50.7 cm³/mol. The van der Waals surface area contributed by atoms with Gasteiger partial charge in [0.25, 0.3) is 0 Å². The molecule has 0 saturated carbocycles. The molecule has 0 aliphatic carbocycles. The van der Waals surface area contributed by atoms with E-state index in [1.165, 1.54) is 0 Å². The maximum Gasteiger partial charge on any atom is 0.155 e. The average Bonchev–Trinajstić information content (AvgIpc) is 2.03. The molecule has 11 heavy (non-hydrogen) atoms. The number of carbonyl (C=O) groups excluding carboxylic acids is 1. The van der Waals surface area contributed by atoms with Gasteiger partial charge in [-0.2, -0.15) is 0 Å². The third-order valence-corrected chi connectivity index (χ3v) is 1.32. The van der Waals surface area contributed by atoms with Crippen LogP contribution in [0.25, 0.3) is 0 Å². The van der Waals surface area contributed by atoms with Crippen molar-refractivity contribution in [1.82, 2.24) is 0 Å². The van der Waals surface area contributed by atoms with Crippen LogP contribution in [-0.2, 0) is 4.79 Å². The van der Waals surface area contributed by atoms with Gasteiger partial charge in [-0.05, 0) is 25.8 Å². The molecule has 0 aliphatic rings. The van der Waals surface area contributed by atoms with Crippen molar-refractivity contribution in [3.8, 4) is 0 Å². The van der Waals surface area contributed by atoms with Crippen LogP contribution >= 0.6 is 0 Å². The summed E-state index contributed by atoms with van der Waals surface area (Å²) >= 11 is 0. The summed E-state index contributed by atoms with van der Waals surface area (Å²) in [5.41, 5.74) is 0.956. The van der Waals surface area contributed by atoms with E-state index in [2.05, 4.69) is 6.92 Å². The molecule has 0 atom stereocenters. The number of allylic oxidation sites excluding steroid dienone is 2. The molecule has 0 unspecified atom stereocenters. The quantitative estimate of drug-likeness (QED) is 0.573. The van der Waals surface area contributed by atoms with Crippen molar-refractivity contribution in [3.63, 3.8) is 0 Å². The molecule has 1 heteroatoms. The molecule has 0 N–H and O–H groups in total. The van der Waals surface area contributed by atoms with Crippen molar-refractivity contribution in [1.29, 1.82) is 0 Å². The Morgan fingerprint density at radius 3 is 1.91 bits per heavy atom. The van der Waals surface area contributed by atoms with Crippen molar-refractivity contribution in [2.24, 2.45) is 0 Å². The fourth-order valence-electron chi connectivity index (χ4n) is 0.793. The van der Waals surface area contributed by atoms with Crippen LogP contribution in [-0.4, -0.2) is 5.78 Å². The first-order valence-corrected chi connectivity index (χ1v) is 4.38. The van der Waals surface area contributed by atoms with Crippen molar-refractivity contribution < 1.29 is 4.79 Å². The van der Waals surface area contributed by atoms with E-state index in [4.69, 9.17) is 0 Å². The largest absolute Gasteiger partial charge is 0.295 e. The van der Waals surface area contributed by atoms with Crippen LogP contribution < -0.4 is 0 Å². The van der Waals surface area contributed by atoms with Crippen LogP contribution in [0.2, 0.25) is 0 Å². The first kappa shape index (κ1) is 13.0. The molecule has 0 radical (unpaired) electrons. The molecule has 0 amide bonds. The molecule has 1 nitrogen and oxygen atoms in total. The smallest absolute Gasteiger partial charge is 0.155 e. The Balaban J connectivity index is 0. The Labute approximate surface area is 70.5 Å². The number of carbonyl (C=O) groups is 1. The molecule has 0 aromatic heterocycles. The normalized spacial score (nSPS) is 10.1. The van der Waals surface area contributed by atoms with Gasteiger partial charge >= 0.3 is 0 Å². The molecule has 0 bridgehead atoms. The first-order chi connectivity index (χ1) is 5.22. The minimum Gasteiger partial charge on any atom is -0.295 e. The Hall–Kier alpha value is -0.590. The van der Waals surface area contributed by atoms with Crippen LogP contribution in [0.3, 0.4) is 0 Å². The lowest BCUT2D eigenvalue weighted by atomic mass is 10.1. The van der Waals surface area contributed by atoms with Gasteiger partial charge in [-0.15, -0.1) is 0 Å². The molecular weight excluding hydrogens is 136 g/mol. The van der Waals surface area contributed by atoms with Gasteiger partial charge < -0.3 is 0 Å². The zero-order chi connectivity index (χ0) is 9.28. The van der Waals surface area contributed by atoms with Gasteiger partial charge in [0.05, 0.1) is 0 Å². The third-order valence-electron chi connectivity index (χ3n) is 1.32. The summed E-state index contributed by atoms with van der Waals surface area (Å²) in [5, 5.41) is 0. The van der Waals surface area contributed by atoms with E-state index < -0.39 is 0 Å². The van der Waals surface area contributed by atoms with Gasteiger partial charge in [-0.3, -0.25) is 4.79 Å². The van der Waals surface area contributed by atoms with Gasteiger partial charge in [-0.1, -0.05) is 33.3 Å². The SMILES string of the molecule is C/C=C(\CCC)C(C)=O.CC. The minimum absolute atomic E-state index is 0.208. The van der Waals surface area contributed by atoms with E-state index in [9.17, 15) is 4.79 Å². The maximum absolute atomic E-state index is 10.7. The lowest BCUT2D eigenvalue weighted by molar-refractivity contribution is -0.113. The number of hydrogen-bond donors (Lipinski definition) is 0. The van der Waals surface area contributed by atoms with E-state index in [1.54, 1.807) is 6.92 Å². The molecule has 0 fully saturated rings. The zero-order valence-electron chi connectivity index (χ0n) is 8.40. The second-order valence-electron chi connectivity index (χ2n) is 2.12. The Morgan fingerprint density at radius 1 is 1.36 bits per heavy atom. The summed E-state index contributed by atoms with van der Waals surface area (Å²) in [6, 6.07) is 0. The summed E-state index contributed by atoms with van der Waals surface area (Å²) in [6.45, 7) is 9.60. The summed E-state index contributed by atoms with van der Waals surface area (Å²) in [7, 11) is 0. The molecule has 66 valence electrons. The first-order valence-electron chi connectivity index (χ1n) is 4.38. The van der Waals surface area contributed by atoms with Gasteiger partial charge in [0.1, 0.15) is 0 Å². The highest BCUT2D eigenvalue weighted by molar-refractivity contribution is 5.93. The highest BCUT2D eigenvalue weighted by Gasteiger charge is 1.98. The Kier molecular flexibility index (Phi) is 11.1. The third kappa shape index (κ3) is 7.31. The van der Waals surface area contributed by atoms with Gasteiger partial charge in [0.15, 0.2) is 5.78 Å². The van der Waals surface area contributed by atoms with E-state index in [-0.39, 0.29) is 5.78 Å². The highest BCUT2D eigenvalue weighted by Crippen LogP contribution is 2.04. The highest BCUT2D eigenvalue weighted by atomic mass is 16.1. The second-order valence-corrected chi connectivity index (χ2v) is 2.12. The zero-order valence-corrected chi connectivity index (χ0v) is 8.40. The summed E-state index contributed by atoms with van der Waals surface area (Å²) < 4.78 is 0. The van der Waals surface area contributed by atoms with E-state index in [0.717, 1.165) is 18.4 Å². The fraction of sp³-hybridized carbons (Fsp3) is 0.700. The molecule has 0 aromatic rings. The number of rotatable bonds is 3. The molecule has 0 spiro atoms. The van der Waals surface area contributed by atoms with Gasteiger partial charge in [-0.25, -0.2) is 0 Å². The number of ketones is 1. The lowest BCUT2D eigenvalue weighted by Gasteiger charge is -1.96. The number of Topliss-reactive ketones (excluding diaryl/α,β-unsaturated/α-hetero) is 1. The van der Waals surface area contributed by atoms with Crippen molar-refractivity contribution >= 4 is 5.78 Å². The van der Waals surface area contributed by atoms with Crippen molar-refractivity contribution in [2.45, 2.75) is 47.5 Å². The molecule has 0 rings (SSSR count). The Bertz CT molecular complexity index is 123. The van der Waals surface area contributed by atoms with Crippen molar-refractivity contribution in [3.05, 3.63) is 11.6 Å². The second kappa shape index (κ2) is 9.41. The molecular formula is C10H20O. The van der Waals surface area contributed by atoms with Crippen LogP contribution in [0.1, 0.15) is 47.5 Å². The summed E-state index contributed by atoms with van der Waals surface area (Å²) in [5.74, 6) is 0.208. The van der Waals surface area contributed by atoms with Crippen molar-refractivity contribution in [2.75, 3.05) is 0 Å². The van der Waals surface area contributed by atoms with E-state index in [1.807, 2.05) is 26.8 Å².